The standard InChI is InChI=1S/C46H28F14O5/c1-21-32(47)34(49)30(35(50)33(21)48)40(61)22-5-13-26(14-6-22)63-27-15-7-23(8-16-27)41(62)31-36(51)38(53)42(39(54)37(31)52)64-28-17-9-24(10-18-28)44(45(55,56)57,46(58,59)60)25-11-19-29(20-12-25)65-43(2,3)4/h5-20H,1-4H3. The van der Waals surface area contributed by atoms with E-state index in [1.807, 2.05) is 0 Å². The number of ether oxygens (including phenoxy) is 3. The molecule has 0 aliphatic rings. The lowest BCUT2D eigenvalue weighted by Gasteiger charge is -2.38. The van der Waals surface area contributed by atoms with E-state index in [4.69, 9.17) is 14.2 Å². The summed E-state index contributed by atoms with van der Waals surface area (Å²) in [6, 6.07) is 12.6. The third kappa shape index (κ3) is 8.83. The van der Waals surface area contributed by atoms with Crippen molar-refractivity contribution in [1.82, 2.24) is 0 Å². The molecule has 0 amide bonds. The number of rotatable bonds is 11. The number of hydrogen-bond acceptors (Lipinski definition) is 5. The Kier molecular flexibility index (Phi) is 12.6. The van der Waals surface area contributed by atoms with E-state index in [9.17, 15) is 53.5 Å². The highest BCUT2D eigenvalue weighted by atomic mass is 19.4. The van der Waals surface area contributed by atoms with Gasteiger partial charge in [-0.1, -0.05) is 24.3 Å². The fraction of sp³-hybridized carbons (Fsp3) is 0.174. The van der Waals surface area contributed by atoms with E-state index in [2.05, 4.69) is 0 Å². The highest BCUT2D eigenvalue weighted by Gasteiger charge is 2.72. The first-order valence-corrected chi connectivity index (χ1v) is 18.6. The average molecular weight is 927 g/mol. The predicted molar refractivity (Wildman–Crippen MR) is 203 cm³/mol. The van der Waals surface area contributed by atoms with Crippen LogP contribution in [0, 0.1) is 53.5 Å². The van der Waals surface area contributed by atoms with Crippen molar-refractivity contribution in [1.29, 1.82) is 0 Å². The summed E-state index contributed by atoms with van der Waals surface area (Å²) in [5, 5.41) is 0. The topological polar surface area (TPSA) is 61.8 Å². The Morgan fingerprint density at radius 3 is 1.06 bits per heavy atom. The fourth-order valence-electron chi connectivity index (χ4n) is 6.61. The van der Waals surface area contributed by atoms with E-state index >= 15 is 17.6 Å². The molecule has 340 valence electrons. The van der Waals surface area contributed by atoms with E-state index in [-0.39, 0.29) is 17.2 Å². The van der Waals surface area contributed by atoms with Crippen LogP contribution in [0.15, 0.2) is 97.1 Å². The monoisotopic (exact) mass is 926 g/mol. The van der Waals surface area contributed by atoms with Gasteiger partial charge < -0.3 is 14.2 Å². The molecule has 6 aromatic rings. The van der Waals surface area contributed by atoms with Crippen molar-refractivity contribution < 1.29 is 85.3 Å². The number of carbonyl (C=O) groups is 2. The van der Waals surface area contributed by atoms with Crippen LogP contribution in [0.1, 0.15) is 69.3 Å². The zero-order chi connectivity index (χ0) is 48.1. The number of hydrogen-bond donors (Lipinski definition) is 0. The Hall–Kier alpha value is -6.92. The molecule has 0 heterocycles. The van der Waals surface area contributed by atoms with Gasteiger partial charge in [0.1, 0.15) is 39.7 Å². The third-order valence-electron chi connectivity index (χ3n) is 9.70. The summed E-state index contributed by atoms with van der Waals surface area (Å²) in [7, 11) is 0. The fourth-order valence-corrected chi connectivity index (χ4v) is 6.61. The van der Waals surface area contributed by atoms with Crippen molar-refractivity contribution in [2.24, 2.45) is 0 Å². The highest BCUT2D eigenvalue weighted by molar-refractivity contribution is 6.10. The van der Waals surface area contributed by atoms with Crippen LogP contribution in [0.25, 0.3) is 0 Å². The van der Waals surface area contributed by atoms with Gasteiger partial charge in [0.2, 0.25) is 22.8 Å². The van der Waals surface area contributed by atoms with Gasteiger partial charge in [-0.25, -0.2) is 26.3 Å². The van der Waals surface area contributed by atoms with Crippen LogP contribution >= 0.6 is 0 Å². The summed E-state index contributed by atoms with van der Waals surface area (Å²) < 4.78 is 222. The molecule has 65 heavy (non-hydrogen) atoms. The summed E-state index contributed by atoms with van der Waals surface area (Å²) >= 11 is 0. The van der Waals surface area contributed by atoms with Crippen molar-refractivity contribution in [3.05, 3.63) is 183 Å². The zero-order valence-corrected chi connectivity index (χ0v) is 33.6. The van der Waals surface area contributed by atoms with E-state index < -0.39 is 132 Å². The molecule has 0 N–H and O–H groups in total. The van der Waals surface area contributed by atoms with Gasteiger partial charge in [0.05, 0.1) is 0 Å². The Balaban J connectivity index is 1.21. The van der Waals surface area contributed by atoms with Crippen LogP contribution in [0.2, 0.25) is 0 Å². The number of carbonyl (C=O) groups excluding carboxylic acids is 2. The molecule has 0 radical (unpaired) electrons. The van der Waals surface area contributed by atoms with Crippen LogP contribution < -0.4 is 14.2 Å². The maximum atomic E-state index is 15.3. The lowest BCUT2D eigenvalue weighted by Crippen LogP contribution is -2.54. The van der Waals surface area contributed by atoms with Crippen molar-refractivity contribution in [2.45, 2.75) is 51.1 Å². The summed E-state index contributed by atoms with van der Waals surface area (Å²) in [4.78, 5) is 25.8. The summed E-state index contributed by atoms with van der Waals surface area (Å²) in [5.41, 5.74) is -13.4. The molecule has 6 aromatic carbocycles. The van der Waals surface area contributed by atoms with E-state index in [0.717, 1.165) is 67.6 Å². The van der Waals surface area contributed by atoms with Crippen molar-refractivity contribution in [2.75, 3.05) is 0 Å². The first kappa shape index (κ1) is 47.6. The highest BCUT2D eigenvalue weighted by Crippen LogP contribution is 2.56. The summed E-state index contributed by atoms with van der Waals surface area (Å²) in [6.45, 7) is 5.56. The molecular weight excluding hydrogens is 898 g/mol. The molecule has 19 heteroatoms. The molecule has 0 fully saturated rings. The van der Waals surface area contributed by atoms with Crippen molar-refractivity contribution >= 4 is 11.6 Å². The van der Waals surface area contributed by atoms with E-state index in [1.165, 1.54) is 0 Å². The van der Waals surface area contributed by atoms with E-state index in [0.29, 0.717) is 36.4 Å². The minimum Gasteiger partial charge on any atom is -0.488 e. The van der Waals surface area contributed by atoms with Gasteiger partial charge in [-0.2, -0.15) is 35.1 Å². The quantitative estimate of drug-likeness (QED) is 0.0736. The van der Waals surface area contributed by atoms with Gasteiger partial charge in [-0.05, 0) is 112 Å². The molecule has 6 rings (SSSR count). The van der Waals surface area contributed by atoms with E-state index in [1.54, 1.807) is 20.8 Å². The second-order valence-electron chi connectivity index (χ2n) is 15.1. The van der Waals surface area contributed by atoms with Crippen LogP contribution in [0.5, 0.6) is 28.7 Å². The molecular formula is C46H28F14O5. The van der Waals surface area contributed by atoms with Crippen LogP contribution in [-0.2, 0) is 5.41 Å². The average Bonchev–Trinajstić information content (AvgIpc) is 3.23. The largest absolute Gasteiger partial charge is 0.488 e. The Labute approximate surface area is 358 Å². The third-order valence-corrected chi connectivity index (χ3v) is 9.70. The van der Waals surface area contributed by atoms with Gasteiger partial charge >= 0.3 is 12.4 Å². The molecule has 0 aliphatic heterocycles. The summed E-state index contributed by atoms with van der Waals surface area (Å²) in [5.74, 6) is -22.4. The predicted octanol–water partition coefficient (Wildman–Crippen LogP) is 13.7. The zero-order valence-electron chi connectivity index (χ0n) is 33.6. The maximum absolute atomic E-state index is 15.3. The van der Waals surface area contributed by atoms with Gasteiger partial charge in [0.25, 0.3) is 0 Å². The first-order valence-electron chi connectivity index (χ1n) is 18.6. The molecule has 0 spiro atoms. The van der Waals surface area contributed by atoms with Crippen LogP contribution in [0.4, 0.5) is 61.5 Å². The number of alkyl halides is 6. The minimum absolute atomic E-state index is 0.0381. The minimum atomic E-state index is -6.03. The van der Waals surface area contributed by atoms with Gasteiger partial charge in [-0.15, -0.1) is 0 Å². The van der Waals surface area contributed by atoms with Gasteiger partial charge in [0.15, 0.2) is 46.5 Å². The molecule has 0 saturated heterocycles. The van der Waals surface area contributed by atoms with Gasteiger partial charge in [-0.3, -0.25) is 9.59 Å². The molecule has 0 aromatic heterocycles. The lowest BCUT2D eigenvalue weighted by atomic mass is 9.73. The van der Waals surface area contributed by atoms with Crippen molar-refractivity contribution in [3.8, 4) is 28.7 Å². The number of benzene rings is 6. The van der Waals surface area contributed by atoms with Crippen LogP contribution in [-0.4, -0.2) is 29.5 Å². The molecule has 5 nitrogen and oxygen atoms in total. The maximum Gasteiger partial charge on any atom is 0.411 e. The number of halogens is 14. The molecule has 0 unspecified atom stereocenters. The first-order chi connectivity index (χ1) is 30.2. The molecule has 0 bridgehead atoms. The second kappa shape index (κ2) is 17.2. The Morgan fingerprint density at radius 1 is 0.415 bits per heavy atom. The lowest BCUT2D eigenvalue weighted by molar-refractivity contribution is -0.288. The van der Waals surface area contributed by atoms with Crippen molar-refractivity contribution in [3.63, 3.8) is 0 Å². The summed E-state index contributed by atoms with van der Waals surface area (Å²) in [6.07, 6.45) is -12.1. The Morgan fingerprint density at radius 2 is 0.723 bits per heavy atom. The molecule has 0 atom stereocenters. The van der Waals surface area contributed by atoms with Crippen LogP contribution in [0.3, 0.4) is 0 Å². The van der Waals surface area contributed by atoms with Gasteiger partial charge in [0, 0.05) is 16.7 Å². The molecule has 0 aliphatic carbocycles. The normalized spacial score (nSPS) is 12.3. The molecule has 0 saturated carbocycles. The second-order valence-corrected chi connectivity index (χ2v) is 15.1. The smallest absolute Gasteiger partial charge is 0.411 e. The Bertz CT molecular complexity index is 2720. The number of ketones is 2. The SMILES string of the molecule is Cc1c(F)c(F)c(C(=O)c2ccc(Oc3ccc(C(=O)c4c(F)c(F)c(Oc5ccc(C(c6ccc(OC(C)(C)C)cc6)(C(F)(F)F)C(F)(F)F)cc5)c(F)c4F)cc3)cc2)c(F)c1F.